The predicted molar refractivity (Wildman–Crippen MR) is 101 cm³/mol. The highest BCUT2D eigenvalue weighted by Gasteiger charge is 2.10. The van der Waals surface area contributed by atoms with Crippen LogP contribution in [0.1, 0.15) is 30.0 Å². The molecule has 0 spiro atoms. The number of ether oxygens (including phenoxy) is 1. The molecule has 0 atom stereocenters. The summed E-state index contributed by atoms with van der Waals surface area (Å²) >= 11 is 4.45. The van der Waals surface area contributed by atoms with Gasteiger partial charge in [-0.15, -0.1) is 0 Å². The van der Waals surface area contributed by atoms with Crippen LogP contribution < -0.4 is 10.2 Å². The molecule has 7 heteroatoms. The molecule has 1 heterocycles. The maximum absolute atomic E-state index is 11.7. The lowest BCUT2D eigenvalue weighted by atomic mass is 10.2. The van der Waals surface area contributed by atoms with Gasteiger partial charge in [-0.05, 0) is 88.9 Å². The first-order valence-corrected chi connectivity index (χ1v) is 8.65. The highest BCUT2D eigenvalue weighted by molar-refractivity contribution is 14.1. The molecule has 0 saturated heterocycles. The van der Waals surface area contributed by atoms with Gasteiger partial charge in [0.1, 0.15) is 5.75 Å². The van der Waals surface area contributed by atoms with Gasteiger partial charge >= 0.3 is 5.91 Å². The Morgan fingerprint density at radius 2 is 2.05 bits per heavy atom. The fourth-order valence-electron chi connectivity index (χ4n) is 1.63. The van der Waals surface area contributed by atoms with Crippen LogP contribution in [0.15, 0.2) is 40.0 Å². The number of hydrogen-bond donors (Lipinski definition) is 1. The van der Waals surface area contributed by atoms with Crippen LogP contribution in [0.4, 0.5) is 0 Å². The van der Waals surface area contributed by atoms with Crippen LogP contribution in [0, 0.1) is 7.14 Å². The molecule has 116 valence electrons. The van der Waals surface area contributed by atoms with Crippen LogP contribution in [0.3, 0.4) is 0 Å². The van der Waals surface area contributed by atoms with E-state index in [9.17, 15) is 4.79 Å². The minimum Gasteiger partial charge on any atom is -0.489 e. The third-order valence-electron chi connectivity index (χ3n) is 2.50. The average molecular weight is 524 g/mol. The molecule has 2 rings (SSSR count). The lowest BCUT2D eigenvalue weighted by Crippen LogP contribution is -2.16. The number of furan rings is 1. The standard InChI is InChI=1S/C15H14I2N2O3/c1-9(2)22-14-11(16)6-10(7-12(14)17)8-18-19-15(20)13-4-3-5-21-13/h3-9H,1-2H3,(H,19,20)/b18-8+. The third kappa shape index (κ3) is 4.70. The van der Waals surface area contributed by atoms with Crippen LogP contribution in [-0.4, -0.2) is 18.2 Å². The van der Waals surface area contributed by atoms with Crippen LogP contribution in [0.5, 0.6) is 5.75 Å². The quantitative estimate of drug-likeness (QED) is 0.365. The van der Waals surface area contributed by atoms with Crippen molar-refractivity contribution in [1.29, 1.82) is 0 Å². The van der Waals surface area contributed by atoms with Gasteiger partial charge in [0, 0.05) is 0 Å². The summed E-state index contributed by atoms with van der Waals surface area (Å²) in [6, 6.07) is 7.12. The van der Waals surface area contributed by atoms with Crippen LogP contribution in [0.25, 0.3) is 0 Å². The van der Waals surface area contributed by atoms with Crippen molar-refractivity contribution in [3.05, 3.63) is 49.0 Å². The SMILES string of the molecule is CC(C)Oc1c(I)cc(/C=N/NC(=O)c2ccco2)cc1I. The van der Waals surface area contributed by atoms with E-state index in [1.54, 1.807) is 18.3 Å². The molecule has 1 N–H and O–H groups in total. The molecule has 1 aromatic carbocycles. The van der Waals surface area contributed by atoms with Crippen molar-refractivity contribution >= 4 is 57.3 Å². The van der Waals surface area contributed by atoms with E-state index in [1.165, 1.54) is 6.26 Å². The number of rotatable bonds is 5. The zero-order chi connectivity index (χ0) is 16.1. The van der Waals surface area contributed by atoms with Crippen molar-refractivity contribution in [3.63, 3.8) is 0 Å². The second-order valence-corrected chi connectivity index (χ2v) is 6.98. The average Bonchev–Trinajstić information content (AvgIpc) is 2.97. The van der Waals surface area contributed by atoms with Crippen LogP contribution >= 0.6 is 45.2 Å². The van der Waals surface area contributed by atoms with Crippen molar-refractivity contribution in [1.82, 2.24) is 5.43 Å². The maximum Gasteiger partial charge on any atom is 0.307 e. The van der Waals surface area contributed by atoms with E-state index in [0.717, 1.165) is 18.5 Å². The smallest absolute Gasteiger partial charge is 0.307 e. The summed E-state index contributed by atoms with van der Waals surface area (Å²) < 4.78 is 12.8. The Labute approximate surface area is 155 Å². The monoisotopic (exact) mass is 524 g/mol. The highest BCUT2D eigenvalue weighted by Crippen LogP contribution is 2.29. The van der Waals surface area contributed by atoms with Crippen molar-refractivity contribution in [2.24, 2.45) is 5.10 Å². The first-order valence-electron chi connectivity index (χ1n) is 6.50. The molecule has 1 amide bonds. The van der Waals surface area contributed by atoms with E-state index in [2.05, 4.69) is 55.7 Å². The summed E-state index contributed by atoms with van der Waals surface area (Å²) in [6.07, 6.45) is 3.15. The second-order valence-electron chi connectivity index (χ2n) is 4.66. The van der Waals surface area contributed by atoms with E-state index in [-0.39, 0.29) is 17.8 Å². The summed E-state index contributed by atoms with van der Waals surface area (Å²) in [4.78, 5) is 11.7. The Balaban J connectivity index is 2.07. The summed E-state index contributed by atoms with van der Waals surface area (Å²) in [5.41, 5.74) is 3.30. The number of nitrogens with one attached hydrogen (secondary N) is 1. The molecule has 0 aliphatic heterocycles. The van der Waals surface area contributed by atoms with Gasteiger partial charge in [0.2, 0.25) is 0 Å². The van der Waals surface area contributed by atoms with E-state index in [0.29, 0.717) is 0 Å². The van der Waals surface area contributed by atoms with Gasteiger partial charge in [-0.3, -0.25) is 4.79 Å². The summed E-state index contributed by atoms with van der Waals surface area (Å²) in [5.74, 6) is 0.709. The van der Waals surface area contributed by atoms with Crippen molar-refractivity contribution in [3.8, 4) is 5.75 Å². The Hall–Kier alpha value is -1.10. The molecule has 0 aliphatic rings. The van der Waals surface area contributed by atoms with Gasteiger partial charge in [-0.2, -0.15) is 5.10 Å². The number of amides is 1. The molecule has 1 aromatic heterocycles. The zero-order valence-corrected chi connectivity index (χ0v) is 16.3. The Bertz CT molecular complexity index is 659. The number of halogens is 2. The third-order valence-corrected chi connectivity index (χ3v) is 4.10. The minimum absolute atomic E-state index is 0.120. The van der Waals surface area contributed by atoms with Gasteiger partial charge in [-0.1, -0.05) is 0 Å². The van der Waals surface area contributed by atoms with E-state index in [4.69, 9.17) is 9.15 Å². The molecule has 0 fully saturated rings. The molecule has 0 aliphatic carbocycles. The molecule has 0 unspecified atom stereocenters. The van der Waals surface area contributed by atoms with Gasteiger partial charge in [0.25, 0.3) is 0 Å². The van der Waals surface area contributed by atoms with Crippen LogP contribution in [0.2, 0.25) is 0 Å². The molecule has 5 nitrogen and oxygen atoms in total. The van der Waals surface area contributed by atoms with Gasteiger partial charge in [0.05, 0.1) is 25.7 Å². The van der Waals surface area contributed by atoms with Crippen molar-refractivity contribution < 1.29 is 13.9 Å². The molecule has 2 aromatic rings. The van der Waals surface area contributed by atoms with Gasteiger partial charge < -0.3 is 9.15 Å². The van der Waals surface area contributed by atoms with Crippen molar-refractivity contribution in [2.75, 3.05) is 0 Å². The highest BCUT2D eigenvalue weighted by atomic mass is 127. The topological polar surface area (TPSA) is 63.8 Å². The number of carbonyl (C=O) groups excluding carboxylic acids is 1. The maximum atomic E-state index is 11.7. The molecule has 22 heavy (non-hydrogen) atoms. The molecular formula is C15H14I2N2O3. The second kappa shape index (κ2) is 7.95. The molecule has 0 radical (unpaired) electrons. The van der Waals surface area contributed by atoms with Gasteiger partial charge in [0.15, 0.2) is 5.76 Å². The van der Waals surface area contributed by atoms with Crippen LogP contribution in [-0.2, 0) is 0 Å². The lowest BCUT2D eigenvalue weighted by molar-refractivity contribution is 0.0927. The molecular weight excluding hydrogens is 510 g/mol. The predicted octanol–water partition coefficient (Wildman–Crippen LogP) is 4.04. The van der Waals surface area contributed by atoms with E-state index in [1.807, 2.05) is 26.0 Å². The number of nitrogens with zero attached hydrogens (tertiary/aromatic N) is 1. The number of hydrogen-bond acceptors (Lipinski definition) is 4. The molecule has 0 bridgehead atoms. The fraction of sp³-hybridized carbons (Fsp3) is 0.200. The lowest BCUT2D eigenvalue weighted by Gasteiger charge is -2.14. The number of benzene rings is 1. The van der Waals surface area contributed by atoms with Crippen molar-refractivity contribution in [2.45, 2.75) is 20.0 Å². The van der Waals surface area contributed by atoms with Gasteiger partial charge in [-0.25, -0.2) is 5.43 Å². The Morgan fingerprint density at radius 3 is 2.59 bits per heavy atom. The van der Waals surface area contributed by atoms with E-state index >= 15 is 0 Å². The fourth-order valence-corrected chi connectivity index (χ4v) is 3.70. The number of hydrazone groups is 1. The summed E-state index contributed by atoms with van der Waals surface area (Å²) in [7, 11) is 0. The summed E-state index contributed by atoms with van der Waals surface area (Å²) in [5, 5.41) is 3.94. The Kier molecular flexibility index (Phi) is 6.24. The largest absolute Gasteiger partial charge is 0.489 e. The minimum atomic E-state index is -0.384. The van der Waals surface area contributed by atoms with E-state index < -0.39 is 0 Å². The first kappa shape index (κ1) is 17.3. The Morgan fingerprint density at radius 1 is 1.36 bits per heavy atom. The first-order chi connectivity index (χ1) is 10.5. The summed E-state index contributed by atoms with van der Waals surface area (Å²) in [6.45, 7) is 3.98. The zero-order valence-electron chi connectivity index (χ0n) is 12.0. The normalized spacial score (nSPS) is 11.1. The number of carbonyl (C=O) groups is 1. The molecule has 0 saturated carbocycles.